The zero-order valence-electron chi connectivity index (χ0n) is 13.0. The molecule has 118 valence electrons. The maximum absolute atomic E-state index is 10.1. The second kappa shape index (κ2) is 7.07. The molecule has 0 radical (unpaired) electrons. The van der Waals surface area contributed by atoms with Crippen LogP contribution in [0.3, 0.4) is 0 Å². The van der Waals surface area contributed by atoms with Gasteiger partial charge in [-0.2, -0.15) is 0 Å². The Morgan fingerprint density at radius 3 is 2.76 bits per heavy atom. The Morgan fingerprint density at radius 2 is 2.19 bits per heavy atom. The highest BCUT2D eigenvalue weighted by atomic mass is 35.5. The highest BCUT2D eigenvalue weighted by Gasteiger charge is 2.37. The van der Waals surface area contributed by atoms with Gasteiger partial charge in [0.15, 0.2) is 0 Å². The van der Waals surface area contributed by atoms with Gasteiger partial charge in [-0.3, -0.25) is 4.90 Å². The second-order valence-corrected chi connectivity index (χ2v) is 6.80. The number of hydrogen-bond acceptors (Lipinski definition) is 4. The number of β-amino-alcohol motifs (C(OH)–C–C–N with tert-alkyl or cyclic N) is 1. The molecule has 4 atom stereocenters. The van der Waals surface area contributed by atoms with Gasteiger partial charge in [0.2, 0.25) is 0 Å². The van der Waals surface area contributed by atoms with Crippen LogP contribution in [0.25, 0.3) is 0 Å². The van der Waals surface area contributed by atoms with Crippen LogP contribution in [0.2, 0.25) is 5.02 Å². The topological polar surface area (TPSA) is 52.7 Å². The van der Waals surface area contributed by atoms with Gasteiger partial charge in [-0.05, 0) is 45.1 Å². The molecular formula is C16H26ClN3O. The number of likely N-dealkylation sites (tertiary alicyclic amines) is 1. The molecule has 2 rings (SSSR count). The Hall–Kier alpha value is -0.650. The molecular weight excluding hydrogens is 286 g/mol. The van der Waals surface area contributed by atoms with Crippen molar-refractivity contribution in [3.8, 4) is 0 Å². The predicted octanol–water partition coefficient (Wildman–Crippen LogP) is 1.73. The summed E-state index contributed by atoms with van der Waals surface area (Å²) < 4.78 is 0. The van der Waals surface area contributed by atoms with Gasteiger partial charge in [0.25, 0.3) is 0 Å². The summed E-state index contributed by atoms with van der Waals surface area (Å²) in [6.45, 7) is 3.60. The quantitative estimate of drug-likeness (QED) is 0.869. The first kappa shape index (κ1) is 16.7. The van der Waals surface area contributed by atoms with Gasteiger partial charge in [0, 0.05) is 30.2 Å². The summed E-state index contributed by atoms with van der Waals surface area (Å²) in [5, 5.41) is 10.8. The molecule has 1 aromatic rings. The first-order valence-corrected chi connectivity index (χ1v) is 7.86. The summed E-state index contributed by atoms with van der Waals surface area (Å²) >= 11 is 6.13. The van der Waals surface area contributed by atoms with Crippen LogP contribution in [0.4, 0.5) is 0 Å². The Labute approximate surface area is 132 Å². The van der Waals surface area contributed by atoms with E-state index in [0.29, 0.717) is 12.6 Å². The molecule has 0 bridgehead atoms. The van der Waals surface area contributed by atoms with Crippen LogP contribution in [-0.2, 0) is 0 Å². The van der Waals surface area contributed by atoms with Gasteiger partial charge in [-0.25, -0.2) is 0 Å². The molecule has 1 saturated heterocycles. The van der Waals surface area contributed by atoms with Crippen LogP contribution < -0.4 is 5.73 Å². The third kappa shape index (κ3) is 4.18. The van der Waals surface area contributed by atoms with E-state index in [0.717, 1.165) is 23.6 Å². The largest absolute Gasteiger partial charge is 0.392 e. The molecule has 0 aliphatic carbocycles. The van der Waals surface area contributed by atoms with Crippen molar-refractivity contribution in [2.45, 2.75) is 37.6 Å². The van der Waals surface area contributed by atoms with Crippen LogP contribution in [0.15, 0.2) is 24.3 Å². The molecule has 5 heteroatoms. The molecule has 4 unspecified atom stereocenters. The van der Waals surface area contributed by atoms with Crippen molar-refractivity contribution in [1.29, 1.82) is 0 Å². The number of likely N-dealkylation sites (N-methyl/N-ethyl adjacent to an activating group) is 1. The third-order valence-corrected chi connectivity index (χ3v) is 4.29. The number of aliphatic hydroxyl groups excluding tert-OH is 1. The van der Waals surface area contributed by atoms with E-state index in [2.05, 4.69) is 30.0 Å². The van der Waals surface area contributed by atoms with Crippen LogP contribution in [0.5, 0.6) is 0 Å². The monoisotopic (exact) mass is 311 g/mol. The lowest BCUT2D eigenvalue weighted by molar-refractivity contribution is 0.123. The van der Waals surface area contributed by atoms with Crippen LogP contribution in [-0.4, -0.2) is 60.3 Å². The first-order chi connectivity index (χ1) is 9.88. The van der Waals surface area contributed by atoms with Crippen molar-refractivity contribution >= 4 is 11.6 Å². The SMILES string of the molecule is CC(N)C(c1cccc(Cl)c1)N1CC(O)CC1CN(C)C. The maximum Gasteiger partial charge on any atom is 0.0682 e. The average molecular weight is 312 g/mol. The lowest BCUT2D eigenvalue weighted by Crippen LogP contribution is -2.45. The molecule has 1 fully saturated rings. The fraction of sp³-hybridized carbons (Fsp3) is 0.625. The fourth-order valence-corrected chi connectivity index (χ4v) is 3.54. The van der Waals surface area contributed by atoms with Crippen LogP contribution in [0, 0.1) is 0 Å². The summed E-state index contributed by atoms with van der Waals surface area (Å²) in [5.74, 6) is 0. The zero-order valence-corrected chi connectivity index (χ0v) is 13.8. The molecule has 0 aromatic heterocycles. The van der Waals surface area contributed by atoms with Crippen molar-refractivity contribution in [1.82, 2.24) is 9.80 Å². The number of hydrogen-bond donors (Lipinski definition) is 2. The highest BCUT2D eigenvalue weighted by molar-refractivity contribution is 6.30. The Balaban J connectivity index is 2.28. The minimum absolute atomic E-state index is 0.0292. The van der Waals surface area contributed by atoms with E-state index in [1.54, 1.807) is 0 Å². The van der Waals surface area contributed by atoms with E-state index in [4.69, 9.17) is 17.3 Å². The van der Waals surface area contributed by atoms with E-state index < -0.39 is 0 Å². The second-order valence-electron chi connectivity index (χ2n) is 6.36. The van der Waals surface area contributed by atoms with Crippen molar-refractivity contribution in [3.63, 3.8) is 0 Å². The van der Waals surface area contributed by atoms with Gasteiger partial charge in [-0.1, -0.05) is 23.7 Å². The maximum atomic E-state index is 10.1. The molecule has 0 saturated carbocycles. The van der Waals surface area contributed by atoms with Crippen molar-refractivity contribution < 1.29 is 5.11 Å². The van der Waals surface area contributed by atoms with Gasteiger partial charge < -0.3 is 15.7 Å². The fourth-order valence-electron chi connectivity index (χ4n) is 3.35. The number of aliphatic hydroxyl groups is 1. The number of rotatable bonds is 5. The first-order valence-electron chi connectivity index (χ1n) is 7.48. The Morgan fingerprint density at radius 1 is 1.48 bits per heavy atom. The van der Waals surface area contributed by atoms with Crippen LogP contribution >= 0.6 is 11.6 Å². The molecule has 3 N–H and O–H groups in total. The Kier molecular flexibility index (Phi) is 5.63. The van der Waals surface area contributed by atoms with Crippen molar-refractivity contribution in [2.75, 3.05) is 27.2 Å². The van der Waals surface area contributed by atoms with E-state index in [-0.39, 0.29) is 18.2 Å². The molecule has 1 aliphatic heterocycles. The zero-order chi connectivity index (χ0) is 15.6. The van der Waals surface area contributed by atoms with E-state index >= 15 is 0 Å². The molecule has 4 nitrogen and oxygen atoms in total. The number of halogens is 1. The van der Waals surface area contributed by atoms with Gasteiger partial charge >= 0.3 is 0 Å². The molecule has 1 aliphatic rings. The summed E-state index contributed by atoms with van der Waals surface area (Å²) in [6.07, 6.45) is 0.512. The molecule has 1 aromatic carbocycles. The standard InChI is InChI=1S/C16H26ClN3O/c1-11(18)16(12-5-4-6-13(17)7-12)20-10-15(21)8-14(20)9-19(2)3/h4-7,11,14-16,21H,8-10,18H2,1-3H3. The van der Waals surface area contributed by atoms with E-state index in [1.165, 1.54) is 0 Å². The molecule has 1 heterocycles. The average Bonchev–Trinajstić information content (AvgIpc) is 2.69. The molecule has 0 amide bonds. The normalized spacial score (nSPS) is 26.2. The van der Waals surface area contributed by atoms with Gasteiger partial charge in [-0.15, -0.1) is 0 Å². The third-order valence-electron chi connectivity index (χ3n) is 4.06. The summed E-state index contributed by atoms with van der Waals surface area (Å²) in [4.78, 5) is 4.49. The van der Waals surface area contributed by atoms with Crippen LogP contribution in [0.1, 0.15) is 24.9 Å². The predicted molar refractivity (Wildman–Crippen MR) is 87.5 cm³/mol. The van der Waals surface area contributed by atoms with Crippen molar-refractivity contribution in [2.24, 2.45) is 5.73 Å². The van der Waals surface area contributed by atoms with E-state index in [1.807, 2.05) is 25.1 Å². The van der Waals surface area contributed by atoms with E-state index in [9.17, 15) is 5.11 Å². The number of nitrogens with two attached hydrogens (primary N) is 1. The minimum atomic E-state index is -0.282. The number of benzene rings is 1. The molecule has 0 spiro atoms. The summed E-state index contributed by atoms with van der Waals surface area (Å²) in [7, 11) is 4.12. The Bertz CT molecular complexity index is 467. The molecule has 21 heavy (non-hydrogen) atoms. The summed E-state index contributed by atoms with van der Waals surface area (Å²) in [5.41, 5.74) is 7.38. The number of nitrogens with zero attached hydrogens (tertiary/aromatic N) is 2. The van der Waals surface area contributed by atoms with Crippen molar-refractivity contribution in [3.05, 3.63) is 34.9 Å². The van der Waals surface area contributed by atoms with Gasteiger partial charge in [0.05, 0.1) is 12.1 Å². The highest BCUT2D eigenvalue weighted by Crippen LogP contribution is 2.32. The minimum Gasteiger partial charge on any atom is -0.392 e. The lowest BCUT2D eigenvalue weighted by Gasteiger charge is -2.36. The lowest BCUT2D eigenvalue weighted by atomic mass is 9.98. The summed E-state index contributed by atoms with van der Waals surface area (Å²) in [6, 6.07) is 8.23. The van der Waals surface area contributed by atoms with Gasteiger partial charge in [0.1, 0.15) is 0 Å². The smallest absolute Gasteiger partial charge is 0.0682 e.